The zero-order valence-electron chi connectivity index (χ0n) is 25.0. The number of para-hydroxylation sites is 2. The molecule has 5 nitrogen and oxygen atoms in total. The maximum Gasteiger partial charge on any atom is 0.417 e. The van der Waals surface area contributed by atoms with Crippen molar-refractivity contribution < 1.29 is 22.8 Å². The van der Waals surface area contributed by atoms with E-state index in [2.05, 4.69) is 0 Å². The molecule has 2 amide bonds. The van der Waals surface area contributed by atoms with Gasteiger partial charge in [-0.2, -0.15) is 18.4 Å². The number of hydrogen-bond donors (Lipinski definition) is 0. The summed E-state index contributed by atoms with van der Waals surface area (Å²) in [5, 5.41) is 11.1. The first kappa shape index (κ1) is 29.0. The summed E-state index contributed by atoms with van der Waals surface area (Å²) in [6.07, 6.45) is -4.64. The van der Waals surface area contributed by atoms with E-state index >= 15 is 0 Å². The smallest absolute Gasteiger partial charge is 0.308 e. The number of nitriles is 1. The Kier molecular flexibility index (Phi) is 6.53. The predicted molar refractivity (Wildman–Crippen MR) is 179 cm³/mol. The molecule has 0 spiro atoms. The first-order valence-electron chi connectivity index (χ1n) is 15.1. The van der Waals surface area contributed by atoms with Crippen LogP contribution in [0.3, 0.4) is 0 Å². The van der Waals surface area contributed by atoms with Gasteiger partial charge in [-0.3, -0.25) is 9.59 Å². The average molecular weight is 634 g/mol. The third kappa shape index (κ3) is 4.40. The average Bonchev–Trinajstić information content (AvgIpc) is 3.58. The van der Waals surface area contributed by atoms with E-state index in [0.717, 1.165) is 39.0 Å². The number of nitrogens with zero attached hydrogens (tertiary/aromatic N) is 3. The van der Waals surface area contributed by atoms with Crippen LogP contribution in [0, 0.1) is 11.3 Å². The molecule has 8 rings (SSSR count). The SMILES string of the molecule is N#Cc1cc(-c2ccc3c(c2)c2ccccc2n3-c2cccc3c2C(=O)N(c2ccccc2-c2ccccc2)C3=O)ccc1C(F)(F)F. The predicted octanol–water partition coefficient (Wildman–Crippen LogP) is 9.81. The lowest BCUT2D eigenvalue weighted by molar-refractivity contribution is -0.137. The first-order valence-corrected chi connectivity index (χ1v) is 15.1. The van der Waals surface area contributed by atoms with Gasteiger partial charge in [-0.25, -0.2) is 4.90 Å². The number of rotatable bonds is 4. The minimum absolute atomic E-state index is 0.276. The van der Waals surface area contributed by atoms with E-state index < -0.39 is 29.1 Å². The number of benzene rings is 6. The van der Waals surface area contributed by atoms with Gasteiger partial charge in [0, 0.05) is 16.3 Å². The van der Waals surface area contributed by atoms with E-state index in [9.17, 15) is 28.0 Å². The van der Waals surface area contributed by atoms with Crippen LogP contribution in [0.1, 0.15) is 31.8 Å². The highest BCUT2D eigenvalue weighted by Crippen LogP contribution is 2.41. The van der Waals surface area contributed by atoms with Crippen LogP contribution in [-0.2, 0) is 6.18 Å². The fourth-order valence-corrected chi connectivity index (χ4v) is 6.68. The van der Waals surface area contributed by atoms with Crippen LogP contribution in [0.15, 0.2) is 133 Å². The highest BCUT2D eigenvalue weighted by atomic mass is 19.4. The normalized spacial score (nSPS) is 12.9. The van der Waals surface area contributed by atoms with Gasteiger partial charge >= 0.3 is 6.18 Å². The van der Waals surface area contributed by atoms with Crippen molar-refractivity contribution in [3.63, 3.8) is 0 Å². The summed E-state index contributed by atoms with van der Waals surface area (Å²) >= 11 is 0. The van der Waals surface area contributed by atoms with Crippen molar-refractivity contribution in [2.75, 3.05) is 4.90 Å². The molecule has 0 fully saturated rings. The van der Waals surface area contributed by atoms with E-state index in [1.54, 1.807) is 36.4 Å². The molecular formula is C40H22F3N3O2. The molecule has 0 atom stereocenters. The van der Waals surface area contributed by atoms with Crippen LogP contribution in [0.4, 0.5) is 18.9 Å². The van der Waals surface area contributed by atoms with Crippen molar-refractivity contribution in [1.29, 1.82) is 5.26 Å². The van der Waals surface area contributed by atoms with Crippen molar-refractivity contribution in [2.45, 2.75) is 6.18 Å². The molecule has 0 aliphatic carbocycles. The van der Waals surface area contributed by atoms with Gasteiger partial charge in [0.2, 0.25) is 0 Å². The molecule has 0 bridgehead atoms. The maximum absolute atomic E-state index is 14.4. The van der Waals surface area contributed by atoms with Crippen molar-refractivity contribution in [1.82, 2.24) is 4.57 Å². The van der Waals surface area contributed by atoms with Crippen LogP contribution < -0.4 is 4.90 Å². The fraction of sp³-hybridized carbons (Fsp3) is 0.0250. The number of amides is 2. The van der Waals surface area contributed by atoms with E-state index in [0.29, 0.717) is 22.5 Å². The second kappa shape index (κ2) is 10.8. The van der Waals surface area contributed by atoms with Crippen LogP contribution in [0.2, 0.25) is 0 Å². The third-order valence-corrected chi connectivity index (χ3v) is 8.81. The molecule has 1 aliphatic rings. The number of fused-ring (bicyclic) bond motifs is 4. The molecule has 230 valence electrons. The molecule has 0 unspecified atom stereocenters. The lowest BCUT2D eigenvalue weighted by Gasteiger charge is -2.18. The largest absolute Gasteiger partial charge is 0.417 e. The Morgan fingerprint density at radius 2 is 1.21 bits per heavy atom. The number of hydrogen-bond acceptors (Lipinski definition) is 3. The Bertz CT molecular complexity index is 2510. The monoisotopic (exact) mass is 633 g/mol. The Hall–Kier alpha value is -6.46. The van der Waals surface area contributed by atoms with Gasteiger partial charge in [0.05, 0.1) is 50.7 Å². The van der Waals surface area contributed by atoms with Gasteiger partial charge in [0.25, 0.3) is 11.8 Å². The molecular weight excluding hydrogens is 611 g/mol. The molecule has 0 saturated carbocycles. The quantitative estimate of drug-likeness (QED) is 0.181. The summed E-state index contributed by atoms with van der Waals surface area (Å²) in [7, 11) is 0. The fourth-order valence-electron chi connectivity index (χ4n) is 6.68. The minimum atomic E-state index is -4.64. The highest BCUT2D eigenvalue weighted by Gasteiger charge is 2.40. The Morgan fingerprint density at radius 1 is 0.562 bits per heavy atom. The number of aromatic nitrogens is 1. The Balaban J connectivity index is 1.29. The van der Waals surface area contributed by atoms with Gasteiger partial charge in [-0.05, 0) is 65.2 Å². The Morgan fingerprint density at radius 3 is 2.00 bits per heavy atom. The summed E-state index contributed by atoms with van der Waals surface area (Å²) in [6.45, 7) is 0. The molecule has 0 N–H and O–H groups in total. The highest BCUT2D eigenvalue weighted by molar-refractivity contribution is 6.36. The van der Waals surface area contributed by atoms with Crippen molar-refractivity contribution in [3.05, 3.63) is 156 Å². The third-order valence-electron chi connectivity index (χ3n) is 8.81. The molecule has 2 heterocycles. The van der Waals surface area contributed by atoms with E-state index in [1.807, 2.05) is 89.5 Å². The molecule has 8 heteroatoms. The number of anilines is 1. The number of imide groups is 1. The summed E-state index contributed by atoms with van der Waals surface area (Å²) in [5.74, 6) is -0.857. The second-order valence-corrected chi connectivity index (χ2v) is 11.5. The summed E-state index contributed by atoms with van der Waals surface area (Å²) < 4.78 is 42.4. The molecule has 0 saturated heterocycles. The van der Waals surface area contributed by atoms with Crippen LogP contribution >= 0.6 is 0 Å². The molecule has 7 aromatic rings. The molecule has 1 aromatic heterocycles. The number of alkyl halides is 3. The number of halogens is 3. The summed E-state index contributed by atoms with van der Waals surface area (Å²) in [6, 6.07) is 40.5. The zero-order valence-corrected chi connectivity index (χ0v) is 25.0. The molecule has 6 aromatic carbocycles. The van der Waals surface area contributed by atoms with Crippen LogP contribution in [0.5, 0.6) is 0 Å². The van der Waals surface area contributed by atoms with Crippen molar-refractivity contribution >= 4 is 39.3 Å². The standard InChI is InChI=1S/C40H22F3N3O2/c41-40(42,43)32-19-17-25(21-27(32)23-44)26-18-20-35-31(22-26)29-12-5-7-15-34(29)45(35)36-16-8-13-30-37(36)39(48)46(38(30)47)33-14-6-4-11-28(33)24-9-2-1-3-10-24/h1-22H. The molecule has 1 aliphatic heterocycles. The zero-order chi connectivity index (χ0) is 33.2. The number of carbonyl (C=O) groups excluding carboxylic acids is 2. The van der Waals surface area contributed by atoms with E-state index in [1.165, 1.54) is 17.0 Å². The van der Waals surface area contributed by atoms with Gasteiger partial charge < -0.3 is 4.57 Å². The van der Waals surface area contributed by atoms with Crippen LogP contribution in [0.25, 0.3) is 49.7 Å². The molecule has 48 heavy (non-hydrogen) atoms. The second-order valence-electron chi connectivity index (χ2n) is 11.5. The van der Waals surface area contributed by atoms with Crippen molar-refractivity contribution in [3.8, 4) is 34.0 Å². The van der Waals surface area contributed by atoms with E-state index in [4.69, 9.17) is 0 Å². The summed E-state index contributed by atoms with van der Waals surface area (Å²) in [5.41, 5.74) is 4.39. The van der Waals surface area contributed by atoms with Gasteiger partial charge in [-0.15, -0.1) is 0 Å². The van der Waals surface area contributed by atoms with E-state index in [-0.39, 0.29) is 11.1 Å². The first-order chi connectivity index (χ1) is 23.3. The molecule has 0 radical (unpaired) electrons. The van der Waals surface area contributed by atoms with Gasteiger partial charge in [0.15, 0.2) is 0 Å². The van der Waals surface area contributed by atoms with Crippen molar-refractivity contribution in [2.24, 2.45) is 0 Å². The maximum atomic E-state index is 14.4. The summed E-state index contributed by atoms with van der Waals surface area (Å²) in [4.78, 5) is 29.6. The lowest BCUT2D eigenvalue weighted by Crippen LogP contribution is -2.30. The van der Waals surface area contributed by atoms with Gasteiger partial charge in [0.1, 0.15) is 0 Å². The van der Waals surface area contributed by atoms with Crippen LogP contribution in [-0.4, -0.2) is 16.4 Å². The lowest BCUT2D eigenvalue weighted by atomic mass is 9.98. The number of carbonyl (C=O) groups is 2. The minimum Gasteiger partial charge on any atom is -0.308 e. The van der Waals surface area contributed by atoms with Gasteiger partial charge in [-0.1, -0.05) is 84.9 Å². The Labute approximate surface area is 272 Å². The topological polar surface area (TPSA) is 66.1 Å².